The van der Waals surface area contributed by atoms with E-state index in [1.165, 1.54) is 45.1 Å². The van der Waals surface area contributed by atoms with Gasteiger partial charge in [-0.15, -0.1) is 0 Å². The van der Waals surface area contributed by atoms with Gasteiger partial charge >= 0.3 is 0 Å². The predicted molar refractivity (Wildman–Crippen MR) is 62.3 cm³/mol. The highest BCUT2D eigenvalue weighted by Crippen LogP contribution is 2.28. The fraction of sp³-hybridized carbons (Fsp3) is 1.00. The monoisotopic (exact) mass is 198 g/mol. The van der Waals surface area contributed by atoms with Crippen LogP contribution in [0.3, 0.4) is 0 Å². The molecule has 84 valence electrons. The van der Waals surface area contributed by atoms with Gasteiger partial charge in [-0.1, -0.05) is 32.6 Å². The molecule has 1 fully saturated rings. The highest BCUT2D eigenvalue weighted by Gasteiger charge is 2.16. The van der Waals surface area contributed by atoms with Gasteiger partial charge in [0.25, 0.3) is 0 Å². The van der Waals surface area contributed by atoms with E-state index in [2.05, 4.69) is 12.2 Å². The van der Waals surface area contributed by atoms with Crippen LogP contribution in [0, 0.1) is 11.8 Å². The van der Waals surface area contributed by atoms with Gasteiger partial charge in [-0.3, -0.25) is 0 Å². The molecule has 0 amide bonds. The summed E-state index contributed by atoms with van der Waals surface area (Å²) in [6, 6.07) is 0. The standard InChI is InChI=1S/C12H26N2/c1-2-4-12(9-13)10-14-8-7-11-5-3-6-11/h11-12,14H,2-10,13H2,1H3. The summed E-state index contributed by atoms with van der Waals surface area (Å²) in [5.74, 6) is 1.73. The number of rotatable bonds is 8. The lowest BCUT2D eigenvalue weighted by Gasteiger charge is -2.25. The predicted octanol–water partition coefficient (Wildman–Crippen LogP) is 2.14. The van der Waals surface area contributed by atoms with Crippen molar-refractivity contribution in [2.45, 2.75) is 45.4 Å². The van der Waals surface area contributed by atoms with E-state index >= 15 is 0 Å². The molecular formula is C12H26N2. The maximum absolute atomic E-state index is 5.70. The Morgan fingerprint density at radius 1 is 1.43 bits per heavy atom. The second-order valence-corrected chi connectivity index (χ2v) is 4.68. The van der Waals surface area contributed by atoms with E-state index in [-0.39, 0.29) is 0 Å². The molecule has 14 heavy (non-hydrogen) atoms. The van der Waals surface area contributed by atoms with Gasteiger partial charge in [-0.2, -0.15) is 0 Å². The zero-order valence-electron chi connectivity index (χ0n) is 9.60. The molecule has 0 aromatic heterocycles. The summed E-state index contributed by atoms with van der Waals surface area (Å²) in [4.78, 5) is 0. The Bertz CT molecular complexity index is 132. The Morgan fingerprint density at radius 2 is 2.21 bits per heavy atom. The van der Waals surface area contributed by atoms with Gasteiger partial charge in [0.2, 0.25) is 0 Å². The van der Waals surface area contributed by atoms with Crippen LogP contribution in [-0.4, -0.2) is 19.6 Å². The minimum Gasteiger partial charge on any atom is -0.330 e. The molecule has 0 spiro atoms. The van der Waals surface area contributed by atoms with Gasteiger partial charge in [0, 0.05) is 0 Å². The third-order valence-corrected chi connectivity index (χ3v) is 3.42. The molecule has 2 nitrogen and oxygen atoms in total. The van der Waals surface area contributed by atoms with E-state index in [0.717, 1.165) is 19.0 Å². The van der Waals surface area contributed by atoms with Crippen LogP contribution < -0.4 is 11.1 Å². The van der Waals surface area contributed by atoms with Crippen LogP contribution in [0.2, 0.25) is 0 Å². The first-order valence-electron chi connectivity index (χ1n) is 6.27. The van der Waals surface area contributed by atoms with Gasteiger partial charge in [-0.25, -0.2) is 0 Å². The zero-order valence-corrected chi connectivity index (χ0v) is 9.60. The molecule has 1 atom stereocenters. The van der Waals surface area contributed by atoms with Crippen LogP contribution in [-0.2, 0) is 0 Å². The Morgan fingerprint density at radius 3 is 2.71 bits per heavy atom. The van der Waals surface area contributed by atoms with Gasteiger partial charge in [0.15, 0.2) is 0 Å². The molecule has 0 bridgehead atoms. The van der Waals surface area contributed by atoms with Crippen molar-refractivity contribution in [1.29, 1.82) is 0 Å². The Balaban J connectivity index is 1.89. The van der Waals surface area contributed by atoms with E-state index in [1.54, 1.807) is 0 Å². The molecule has 0 aliphatic heterocycles. The largest absolute Gasteiger partial charge is 0.330 e. The lowest BCUT2D eigenvalue weighted by molar-refractivity contribution is 0.289. The fourth-order valence-electron chi connectivity index (χ4n) is 2.11. The first kappa shape index (κ1) is 12.0. The van der Waals surface area contributed by atoms with Crippen LogP contribution in [0.4, 0.5) is 0 Å². The molecule has 2 heteroatoms. The second kappa shape index (κ2) is 7.24. The second-order valence-electron chi connectivity index (χ2n) is 4.68. The summed E-state index contributed by atoms with van der Waals surface area (Å²) in [6.07, 6.45) is 8.31. The molecule has 1 aliphatic rings. The van der Waals surface area contributed by atoms with Crippen LogP contribution in [0.1, 0.15) is 45.4 Å². The maximum atomic E-state index is 5.70. The van der Waals surface area contributed by atoms with Gasteiger partial charge < -0.3 is 11.1 Å². The molecule has 0 aromatic rings. The molecule has 1 unspecified atom stereocenters. The minimum atomic E-state index is 0.696. The Labute approximate surface area is 88.6 Å². The average molecular weight is 198 g/mol. The van der Waals surface area contributed by atoms with Crippen molar-refractivity contribution in [3.05, 3.63) is 0 Å². The normalized spacial score (nSPS) is 19.3. The average Bonchev–Trinajstić information content (AvgIpc) is 2.13. The van der Waals surface area contributed by atoms with Crippen molar-refractivity contribution in [2.75, 3.05) is 19.6 Å². The topological polar surface area (TPSA) is 38.0 Å². The smallest absolute Gasteiger partial charge is 0.000846 e. The molecule has 0 radical (unpaired) electrons. The molecule has 1 saturated carbocycles. The summed E-state index contributed by atoms with van der Waals surface area (Å²) in [5, 5.41) is 3.54. The van der Waals surface area contributed by atoms with E-state index in [4.69, 9.17) is 5.73 Å². The summed E-state index contributed by atoms with van der Waals surface area (Å²) in [5.41, 5.74) is 5.70. The first-order chi connectivity index (χ1) is 6.86. The van der Waals surface area contributed by atoms with Crippen molar-refractivity contribution in [2.24, 2.45) is 17.6 Å². The third-order valence-electron chi connectivity index (χ3n) is 3.42. The quantitative estimate of drug-likeness (QED) is 0.586. The van der Waals surface area contributed by atoms with Crippen molar-refractivity contribution >= 4 is 0 Å². The molecule has 3 N–H and O–H groups in total. The number of hydrogen-bond donors (Lipinski definition) is 2. The van der Waals surface area contributed by atoms with Crippen molar-refractivity contribution in [3.8, 4) is 0 Å². The van der Waals surface area contributed by atoms with Crippen molar-refractivity contribution in [1.82, 2.24) is 5.32 Å². The number of nitrogens with two attached hydrogens (primary N) is 1. The minimum absolute atomic E-state index is 0.696. The fourth-order valence-corrected chi connectivity index (χ4v) is 2.11. The van der Waals surface area contributed by atoms with E-state index < -0.39 is 0 Å². The van der Waals surface area contributed by atoms with Crippen LogP contribution in [0.25, 0.3) is 0 Å². The summed E-state index contributed by atoms with van der Waals surface area (Å²) in [6.45, 7) is 5.39. The molecule has 1 aliphatic carbocycles. The molecule has 0 saturated heterocycles. The number of nitrogens with one attached hydrogen (secondary N) is 1. The van der Waals surface area contributed by atoms with E-state index in [1.807, 2.05) is 0 Å². The van der Waals surface area contributed by atoms with Crippen LogP contribution >= 0.6 is 0 Å². The number of hydrogen-bond acceptors (Lipinski definition) is 2. The molecule has 1 rings (SSSR count). The maximum Gasteiger partial charge on any atom is -0.000846 e. The molecular weight excluding hydrogens is 172 g/mol. The summed E-state index contributed by atoms with van der Waals surface area (Å²) < 4.78 is 0. The Kier molecular flexibility index (Phi) is 6.20. The molecule has 0 aromatic carbocycles. The molecule has 0 heterocycles. The van der Waals surface area contributed by atoms with Crippen molar-refractivity contribution in [3.63, 3.8) is 0 Å². The zero-order chi connectivity index (χ0) is 10.2. The third kappa shape index (κ3) is 4.43. The summed E-state index contributed by atoms with van der Waals surface area (Å²) in [7, 11) is 0. The SMILES string of the molecule is CCCC(CN)CNCCC1CCC1. The highest BCUT2D eigenvalue weighted by atomic mass is 14.9. The lowest BCUT2D eigenvalue weighted by Crippen LogP contribution is -2.30. The lowest BCUT2D eigenvalue weighted by atomic mass is 9.83. The van der Waals surface area contributed by atoms with Crippen LogP contribution in [0.15, 0.2) is 0 Å². The summed E-state index contributed by atoms with van der Waals surface area (Å²) >= 11 is 0. The van der Waals surface area contributed by atoms with E-state index in [9.17, 15) is 0 Å². The van der Waals surface area contributed by atoms with Crippen LogP contribution in [0.5, 0.6) is 0 Å². The van der Waals surface area contributed by atoms with Gasteiger partial charge in [0.1, 0.15) is 0 Å². The van der Waals surface area contributed by atoms with Gasteiger partial charge in [0.05, 0.1) is 0 Å². The van der Waals surface area contributed by atoms with Crippen molar-refractivity contribution < 1.29 is 0 Å². The van der Waals surface area contributed by atoms with Gasteiger partial charge in [-0.05, 0) is 44.3 Å². The highest BCUT2D eigenvalue weighted by molar-refractivity contribution is 4.71. The Hall–Kier alpha value is -0.0800. The van der Waals surface area contributed by atoms with E-state index in [0.29, 0.717) is 5.92 Å². The first-order valence-corrected chi connectivity index (χ1v) is 6.27.